The Morgan fingerprint density at radius 2 is 1.85 bits per heavy atom. The molecule has 3 aromatic carbocycles. The molecule has 240 valence electrons. The Morgan fingerprint density at radius 3 is 2.52 bits per heavy atom. The molecule has 13 heteroatoms. The number of hydrogen-bond acceptors (Lipinski definition) is 7. The van der Waals surface area contributed by atoms with Crippen molar-refractivity contribution in [2.75, 3.05) is 30.9 Å². The molecule has 0 bridgehead atoms. The van der Waals surface area contributed by atoms with Gasteiger partial charge in [0.2, 0.25) is 0 Å². The monoisotopic (exact) mass is 651 g/mol. The van der Waals surface area contributed by atoms with Crippen molar-refractivity contribution in [3.8, 4) is 28.6 Å². The first-order chi connectivity index (χ1) is 22.2. The number of methoxy groups -OCH3 is 1. The first-order valence-corrected chi connectivity index (χ1v) is 15.5. The molecule has 0 spiro atoms. The number of rotatable bonds is 11. The number of amidine groups is 1. The van der Waals surface area contributed by atoms with E-state index in [1.165, 1.54) is 47.0 Å². The summed E-state index contributed by atoms with van der Waals surface area (Å²) in [6, 6.07) is 18.7. The van der Waals surface area contributed by atoms with Crippen molar-refractivity contribution in [2.45, 2.75) is 32.0 Å². The number of amides is 1. The maximum absolute atomic E-state index is 12.7. The summed E-state index contributed by atoms with van der Waals surface area (Å²) in [5.74, 6) is 1.79. The minimum atomic E-state index is -4.76. The first kappa shape index (κ1) is 32.6. The average Bonchev–Trinajstić information content (AvgIpc) is 3.72. The van der Waals surface area contributed by atoms with Crippen molar-refractivity contribution < 1.29 is 32.2 Å². The van der Waals surface area contributed by atoms with Gasteiger partial charge in [-0.2, -0.15) is 4.99 Å². The Balaban J connectivity index is 1.17. The molecule has 0 aliphatic carbocycles. The van der Waals surface area contributed by atoms with Crippen LogP contribution in [0.15, 0.2) is 90.7 Å². The number of anilines is 1. The van der Waals surface area contributed by atoms with Crippen LogP contribution in [0.2, 0.25) is 0 Å². The van der Waals surface area contributed by atoms with Crippen LogP contribution in [-0.2, 0) is 11.2 Å². The largest absolute Gasteiger partial charge is 0.573 e. The van der Waals surface area contributed by atoms with Crippen molar-refractivity contribution in [1.29, 1.82) is 0 Å². The van der Waals surface area contributed by atoms with Gasteiger partial charge in [0.1, 0.15) is 17.8 Å². The third-order valence-electron chi connectivity index (χ3n) is 7.27. The lowest BCUT2D eigenvalue weighted by atomic mass is 9.94. The van der Waals surface area contributed by atoms with Gasteiger partial charge >= 0.3 is 12.5 Å². The molecule has 1 aliphatic heterocycles. The number of nitrogens with zero attached hydrogens (tertiary/aromatic N) is 5. The lowest BCUT2D eigenvalue weighted by Gasteiger charge is -2.24. The minimum Gasteiger partial charge on any atom is -0.497 e. The molecule has 2 heterocycles. The number of aromatic nitrogens is 3. The number of alkyl halides is 3. The number of hydrogen-bond donors (Lipinski definition) is 0. The van der Waals surface area contributed by atoms with Gasteiger partial charge < -0.3 is 19.1 Å². The fraction of sp³-hybridized carbons (Fsp3) is 0.273. The molecular formula is C33H32F3N5O4S. The predicted molar refractivity (Wildman–Crippen MR) is 172 cm³/mol. The third-order valence-corrected chi connectivity index (χ3v) is 8.23. The summed E-state index contributed by atoms with van der Waals surface area (Å²) >= 11 is 1.50. The van der Waals surface area contributed by atoms with E-state index >= 15 is 0 Å². The van der Waals surface area contributed by atoms with Crippen molar-refractivity contribution in [1.82, 2.24) is 14.8 Å². The van der Waals surface area contributed by atoms with Gasteiger partial charge in [-0.05, 0) is 47.9 Å². The SMILES string of the molecule is C=CC(CC)c1ccc(OC)cc1N1CCSC1=NC(=O)OCCc1ccc(-c2ncn(-c3ccc(OC(F)(F)F)cc3)n2)cc1. The van der Waals surface area contributed by atoms with Crippen LogP contribution in [-0.4, -0.2) is 58.4 Å². The molecule has 46 heavy (non-hydrogen) atoms. The van der Waals surface area contributed by atoms with Crippen molar-refractivity contribution in [2.24, 2.45) is 4.99 Å². The molecule has 0 N–H and O–H groups in total. The summed E-state index contributed by atoms with van der Waals surface area (Å²) in [5, 5.41) is 5.01. The molecule has 1 saturated heterocycles. The highest BCUT2D eigenvalue weighted by atomic mass is 32.2. The lowest BCUT2D eigenvalue weighted by molar-refractivity contribution is -0.274. The molecule has 0 radical (unpaired) electrons. The van der Waals surface area contributed by atoms with E-state index < -0.39 is 12.5 Å². The number of thioether (sulfide) groups is 1. The van der Waals surface area contributed by atoms with Gasteiger partial charge in [-0.3, -0.25) is 0 Å². The molecule has 4 aromatic rings. The number of allylic oxidation sites excluding steroid dienone is 1. The van der Waals surface area contributed by atoms with Gasteiger partial charge in [0, 0.05) is 36.3 Å². The molecule has 1 atom stereocenters. The average molecular weight is 652 g/mol. The van der Waals surface area contributed by atoms with Gasteiger partial charge in [-0.25, -0.2) is 14.5 Å². The zero-order valence-electron chi connectivity index (χ0n) is 25.2. The van der Waals surface area contributed by atoms with Gasteiger partial charge in [0.05, 0.1) is 25.1 Å². The molecule has 5 rings (SSSR count). The summed E-state index contributed by atoms with van der Waals surface area (Å²) < 4.78 is 53.5. The number of carbonyl (C=O) groups is 1. The Labute approximate surface area is 268 Å². The number of halogens is 3. The minimum absolute atomic E-state index is 0.152. The summed E-state index contributed by atoms with van der Waals surface area (Å²) in [5.41, 5.74) is 4.26. The topological polar surface area (TPSA) is 91.1 Å². The summed E-state index contributed by atoms with van der Waals surface area (Å²) in [6.45, 7) is 6.95. The van der Waals surface area contributed by atoms with Gasteiger partial charge in [0.15, 0.2) is 11.0 Å². The van der Waals surface area contributed by atoms with Gasteiger partial charge in [0.25, 0.3) is 0 Å². The van der Waals surface area contributed by atoms with Crippen molar-refractivity contribution >= 4 is 28.7 Å². The van der Waals surface area contributed by atoms with E-state index in [-0.39, 0.29) is 18.3 Å². The maximum atomic E-state index is 12.7. The van der Waals surface area contributed by atoms with Crippen molar-refractivity contribution in [3.05, 3.63) is 96.8 Å². The summed E-state index contributed by atoms with van der Waals surface area (Å²) in [6.07, 6.45) is -0.630. The fourth-order valence-electron chi connectivity index (χ4n) is 4.94. The molecule has 1 fully saturated rings. The second kappa shape index (κ2) is 14.5. The van der Waals surface area contributed by atoms with Crippen molar-refractivity contribution in [3.63, 3.8) is 0 Å². The van der Waals surface area contributed by atoms with E-state index in [1.54, 1.807) is 7.11 Å². The zero-order valence-corrected chi connectivity index (χ0v) is 26.1. The Kier molecular flexibility index (Phi) is 10.3. The first-order valence-electron chi connectivity index (χ1n) is 14.5. The van der Waals surface area contributed by atoms with Gasteiger partial charge in [-0.1, -0.05) is 55.1 Å². The molecular weight excluding hydrogens is 619 g/mol. The van der Waals surface area contributed by atoms with Crippen LogP contribution in [0.4, 0.5) is 23.7 Å². The van der Waals surface area contributed by atoms with E-state index in [1.807, 2.05) is 53.4 Å². The highest BCUT2D eigenvalue weighted by molar-refractivity contribution is 8.14. The van der Waals surface area contributed by atoms with Crippen LogP contribution in [0, 0.1) is 0 Å². The molecule has 1 aromatic heterocycles. The highest BCUT2D eigenvalue weighted by Gasteiger charge is 2.31. The Morgan fingerprint density at radius 1 is 1.11 bits per heavy atom. The number of benzene rings is 3. The highest BCUT2D eigenvalue weighted by Crippen LogP contribution is 2.37. The van der Waals surface area contributed by atoms with Crippen LogP contribution in [0.3, 0.4) is 0 Å². The molecule has 1 aliphatic rings. The van der Waals surface area contributed by atoms with E-state index in [4.69, 9.17) is 9.47 Å². The molecule has 1 amide bonds. The molecule has 0 saturated carbocycles. The zero-order chi connectivity index (χ0) is 32.7. The predicted octanol–water partition coefficient (Wildman–Crippen LogP) is 7.81. The summed E-state index contributed by atoms with van der Waals surface area (Å²) in [7, 11) is 1.62. The molecule has 9 nitrogen and oxygen atoms in total. The number of ether oxygens (including phenoxy) is 3. The lowest BCUT2D eigenvalue weighted by Crippen LogP contribution is -2.26. The van der Waals surface area contributed by atoms with Crippen LogP contribution in [0.5, 0.6) is 11.5 Å². The second-order valence-electron chi connectivity index (χ2n) is 10.2. The standard InChI is InChI=1S/C33H32F3N5O4S/c1-4-23(5-2)28-15-14-27(43-3)20-29(28)40-17-19-46-31(40)38-32(42)44-18-16-22-6-8-24(9-7-22)30-37-21-41(39-30)25-10-12-26(13-11-25)45-33(34,35)36/h4,6-15,20-21,23H,1,5,16-19H2,2-3H3. The number of aliphatic imine (C=N–C) groups is 1. The quantitative estimate of drug-likeness (QED) is 0.152. The van der Waals surface area contributed by atoms with Crippen LogP contribution >= 0.6 is 11.8 Å². The smallest absolute Gasteiger partial charge is 0.497 e. The van der Waals surface area contributed by atoms with E-state index in [9.17, 15) is 18.0 Å². The Hall–Kier alpha value is -4.78. The Bertz CT molecular complexity index is 1690. The van der Waals surface area contributed by atoms with E-state index in [0.717, 1.165) is 40.3 Å². The van der Waals surface area contributed by atoms with Crippen LogP contribution in [0.25, 0.3) is 17.1 Å². The van der Waals surface area contributed by atoms with Gasteiger partial charge in [-0.15, -0.1) is 24.8 Å². The van der Waals surface area contributed by atoms with E-state index in [0.29, 0.717) is 29.6 Å². The second-order valence-corrected chi connectivity index (χ2v) is 11.2. The summed E-state index contributed by atoms with van der Waals surface area (Å²) in [4.78, 5) is 23.3. The fourth-order valence-corrected chi connectivity index (χ4v) is 5.88. The van der Waals surface area contributed by atoms with Crippen LogP contribution < -0.4 is 14.4 Å². The third kappa shape index (κ3) is 8.08. The molecule has 1 unspecified atom stereocenters. The maximum Gasteiger partial charge on any atom is 0.573 e. The van der Waals surface area contributed by atoms with Crippen LogP contribution in [0.1, 0.15) is 30.4 Å². The van der Waals surface area contributed by atoms with E-state index in [2.05, 4.69) is 33.3 Å². The normalized spacial score (nSPS) is 14.7. The number of carbonyl (C=O) groups excluding carboxylic acids is 1.